The molecule has 35 heavy (non-hydrogen) atoms. The van der Waals surface area contributed by atoms with Crippen LogP contribution in [0.1, 0.15) is 23.6 Å². The second-order valence-corrected chi connectivity index (χ2v) is 8.25. The summed E-state index contributed by atoms with van der Waals surface area (Å²) in [7, 11) is 3.18. The van der Waals surface area contributed by atoms with Gasteiger partial charge in [0.05, 0.1) is 14.2 Å². The average Bonchev–Trinajstić information content (AvgIpc) is 2.99. The summed E-state index contributed by atoms with van der Waals surface area (Å²) in [4.78, 5) is 27.2. The SMILES string of the molecule is COc1ccc(CN2Cc3cc(NC(=O)NCc4ccccc4)ccc3OC(C)C2=O)c(OC)c1. The number of carbonyl (C=O) groups excluding carboxylic acids is 2. The van der Waals surface area contributed by atoms with Gasteiger partial charge in [-0.3, -0.25) is 4.79 Å². The molecular formula is C27H29N3O5. The Hall–Kier alpha value is -4.20. The van der Waals surface area contributed by atoms with Gasteiger partial charge in [0.25, 0.3) is 5.91 Å². The van der Waals surface area contributed by atoms with Crippen molar-refractivity contribution in [2.75, 3.05) is 19.5 Å². The van der Waals surface area contributed by atoms with Crippen molar-refractivity contribution < 1.29 is 23.8 Å². The van der Waals surface area contributed by atoms with Crippen LogP contribution in [0.3, 0.4) is 0 Å². The lowest BCUT2D eigenvalue weighted by atomic mass is 10.1. The Balaban J connectivity index is 1.49. The number of urea groups is 1. The van der Waals surface area contributed by atoms with E-state index < -0.39 is 6.10 Å². The third-order valence-electron chi connectivity index (χ3n) is 5.79. The normalized spacial score (nSPS) is 14.9. The van der Waals surface area contributed by atoms with Gasteiger partial charge in [0.1, 0.15) is 17.2 Å². The minimum Gasteiger partial charge on any atom is -0.497 e. The highest BCUT2D eigenvalue weighted by Crippen LogP contribution is 2.31. The van der Waals surface area contributed by atoms with Crippen molar-refractivity contribution >= 4 is 17.6 Å². The van der Waals surface area contributed by atoms with Crippen LogP contribution < -0.4 is 24.8 Å². The van der Waals surface area contributed by atoms with Gasteiger partial charge in [-0.15, -0.1) is 0 Å². The number of amides is 3. The van der Waals surface area contributed by atoms with Crippen LogP contribution in [0.25, 0.3) is 0 Å². The molecule has 4 rings (SSSR count). The van der Waals surface area contributed by atoms with E-state index >= 15 is 0 Å². The molecule has 1 unspecified atom stereocenters. The average molecular weight is 476 g/mol. The third kappa shape index (κ3) is 5.84. The zero-order valence-corrected chi connectivity index (χ0v) is 20.0. The Kier molecular flexibility index (Phi) is 7.40. The molecular weight excluding hydrogens is 446 g/mol. The van der Waals surface area contributed by atoms with E-state index in [-0.39, 0.29) is 11.9 Å². The van der Waals surface area contributed by atoms with Gasteiger partial charge in [-0.05, 0) is 42.8 Å². The first-order valence-corrected chi connectivity index (χ1v) is 11.3. The number of anilines is 1. The van der Waals surface area contributed by atoms with Gasteiger partial charge in [0, 0.05) is 42.5 Å². The highest BCUT2D eigenvalue weighted by atomic mass is 16.5. The largest absolute Gasteiger partial charge is 0.497 e. The van der Waals surface area contributed by atoms with Crippen LogP contribution >= 0.6 is 0 Å². The maximum absolute atomic E-state index is 13.1. The Labute approximate surface area is 204 Å². The third-order valence-corrected chi connectivity index (χ3v) is 5.79. The molecule has 0 aromatic heterocycles. The number of nitrogens with zero attached hydrogens (tertiary/aromatic N) is 1. The van der Waals surface area contributed by atoms with Crippen molar-refractivity contribution in [2.45, 2.75) is 32.7 Å². The van der Waals surface area contributed by atoms with Crippen LogP contribution in [0.4, 0.5) is 10.5 Å². The summed E-state index contributed by atoms with van der Waals surface area (Å²) in [5.74, 6) is 1.80. The summed E-state index contributed by atoms with van der Waals surface area (Å²) in [5.41, 5.74) is 3.28. The van der Waals surface area contributed by atoms with Crippen LogP contribution in [0.5, 0.6) is 17.2 Å². The monoisotopic (exact) mass is 475 g/mol. The molecule has 0 bridgehead atoms. The molecule has 3 aromatic carbocycles. The lowest BCUT2D eigenvalue weighted by Gasteiger charge is -2.23. The molecule has 0 spiro atoms. The van der Waals surface area contributed by atoms with Crippen molar-refractivity contribution in [2.24, 2.45) is 0 Å². The Morgan fingerprint density at radius 2 is 1.86 bits per heavy atom. The van der Waals surface area contributed by atoms with E-state index in [4.69, 9.17) is 14.2 Å². The van der Waals surface area contributed by atoms with E-state index in [1.807, 2.05) is 48.5 Å². The van der Waals surface area contributed by atoms with Gasteiger partial charge >= 0.3 is 6.03 Å². The van der Waals surface area contributed by atoms with Gasteiger partial charge in [0.15, 0.2) is 6.10 Å². The van der Waals surface area contributed by atoms with Crippen molar-refractivity contribution in [3.8, 4) is 17.2 Å². The zero-order valence-electron chi connectivity index (χ0n) is 20.0. The molecule has 3 aromatic rings. The standard InChI is InChI=1S/C27H29N3O5/c1-18-26(31)30(16-20-9-11-23(33-2)14-25(20)34-3)17-21-13-22(10-12-24(21)35-18)29-27(32)28-15-19-7-5-4-6-8-19/h4-14,18H,15-17H2,1-3H3,(H2,28,29,32). The van der Waals surface area contributed by atoms with E-state index in [0.29, 0.717) is 42.6 Å². The highest BCUT2D eigenvalue weighted by Gasteiger charge is 2.29. The van der Waals surface area contributed by atoms with Crippen molar-refractivity contribution in [3.05, 3.63) is 83.4 Å². The number of hydrogen-bond acceptors (Lipinski definition) is 5. The van der Waals surface area contributed by atoms with Crippen molar-refractivity contribution in [1.82, 2.24) is 10.2 Å². The molecule has 0 saturated carbocycles. The molecule has 182 valence electrons. The first-order valence-electron chi connectivity index (χ1n) is 11.3. The van der Waals surface area contributed by atoms with Crippen LogP contribution in [0.2, 0.25) is 0 Å². The fourth-order valence-electron chi connectivity index (χ4n) is 3.95. The fourth-order valence-corrected chi connectivity index (χ4v) is 3.95. The molecule has 1 heterocycles. The summed E-state index contributed by atoms with van der Waals surface area (Å²) < 4.78 is 16.7. The first-order chi connectivity index (χ1) is 17.0. The van der Waals surface area contributed by atoms with Gasteiger partial charge in [-0.2, -0.15) is 0 Å². The number of fused-ring (bicyclic) bond motifs is 1. The summed E-state index contributed by atoms with van der Waals surface area (Å²) in [6.07, 6.45) is -0.645. The topological polar surface area (TPSA) is 89.1 Å². The van der Waals surface area contributed by atoms with Crippen LogP contribution in [0, 0.1) is 0 Å². The molecule has 8 heteroatoms. The zero-order chi connectivity index (χ0) is 24.8. The Morgan fingerprint density at radius 3 is 2.60 bits per heavy atom. The van der Waals surface area contributed by atoms with E-state index in [0.717, 1.165) is 16.7 Å². The lowest BCUT2D eigenvalue weighted by Crippen LogP contribution is -2.37. The molecule has 1 aliphatic rings. The predicted molar refractivity (Wildman–Crippen MR) is 133 cm³/mol. The van der Waals surface area contributed by atoms with E-state index in [2.05, 4.69) is 10.6 Å². The number of methoxy groups -OCH3 is 2. The van der Waals surface area contributed by atoms with E-state index in [9.17, 15) is 9.59 Å². The van der Waals surface area contributed by atoms with Crippen LogP contribution in [0.15, 0.2) is 66.7 Å². The predicted octanol–water partition coefficient (Wildman–Crippen LogP) is 4.34. The number of carbonyl (C=O) groups is 2. The molecule has 8 nitrogen and oxygen atoms in total. The molecule has 0 aliphatic carbocycles. The molecule has 3 amide bonds. The van der Waals surface area contributed by atoms with Gasteiger partial charge in [-0.25, -0.2) is 4.79 Å². The summed E-state index contributed by atoms with van der Waals surface area (Å²) in [6, 6.07) is 20.3. The van der Waals surface area contributed by atoms with Gasteiger partial charge in [-0.1, -0.05) is 30.3 Å². The maximum Gasteiger partial charge on any atom is 0.319 e. The second-order valence-electron chi connectivity index (χ2n) is 8.25. The summed E-state index contributed by atoms with van der Waals surface area (Å²) >= 11 is 0. The van der Waals surface area contributed by atoms with Crippen LogP contribution in [-0.2, 0) is 24.4 Å². The van der Waals surface area contributed by atoms with Gasteiger partial charge < -0.3 is 29.7 Å². The number of nitrogens with one attached hydrogen (secondary N) is 2. The van der Waals surface area contributed by atoms with Crippen molar-refractivity contribution in [1.29, 1.82) is 0 Å². The van der Waals surface area contributed by atoms with E-state index in [1.165, 1.54) is 0 Å². The van der Waals surface area contributed by atoms with Gasteiger partial charge in [0.2, 0.25) is 0 Å². The first kappa shape index (κ1) is 23.9. The highest BCUT2D eigenvalue weighted by molar-refractivity contribution is 5.89. The summed E-state index contributed by atoms with van der Waals surface area (Å²) in [5, 5.41) is 5.71. The summed E-state index contributed by atoms with van der Waals surface area (Å²) in [6.45, 7) is 2.83. The second kappa shape index (κ2) is 10.8. The quantitative estimate of drug-likeness (QED) is 0.531. The number of hydrogen-bond donors (Lipinski definition) is 2. The lowest BCUT2D eigenvalue weighted by molar-refractivity contribution is -0.138. The smallest absolute Gasteiger partial charge is 0.319 e. The number of rotatable bonds is 7. The Bertz CT molecular complexity index is 1200. The molecule has 1 aliphatic heterocycles. The molecule has 0 radical (unpaired) electrons. The molecule has 0 saturated heterocycles. The van der Waals surface area contributed by atoms with Crippen molar-refractivity contribution in [3.63, 3.8) is 0 Å². The number of ether oxygens (including phenoxy) is 3. The molecule has 0 fully saturated rings. The molecule has 2 N–H and O–H groups in total. The maximum atomic E-state index is 13.1. The number of benzene rings is 3. The minimum atomic E-state index is -0.645. The Morgan fingerprint density at radius 1 is 1.06 bits per heavy atom. The van der Waals surface area contributed by atoms with E-state index in [1.54, 1.807) is 44.2 Å². The van der Waals surface area contributed by atoms with Crippen LogP contribution in [-0.4, -0.2) is 37.2 Å². The fraction of sp³-hybridized carbons (Fsp3) is 0.259. The minimum absolute atomic E-state index is 0.130. The molecule has 1 atom stereocenters.